The zero-order valence-electron chi connectivity index (χ0n) is 7.35. The van der Waals surface area contributed by atoms with Gasteiger partial charge in [0, 0.05) is 21.0 Å². The fourth-order valence-corrected chi connectivity index (χ4v) is 2.60. The van der Waals surface area contributed by atoms with Gasteiger partial charge >= 0.3 is 0 Å². The Bertz CT molecular complexity index is 476. The third-order valence-electron chi connectivity index (χ3n) is 2.15. The quantitative estimate of drug-likeness (QED) is 0.663. The third kappa shape index (κ3) is 1.51. The smallest absolute Gasteiger partial charge is 0.205 e. The lowest BCUT2D eigenvalue weighted by Crippen LogP contribution is -1.88. The van der Waals surface area contributed by atoms with Crippen LogP contribution in [0.2, 0.25) is 5.02 Å². The summed E-state index contributed by atoms with van der Waals surface area (Å²) in [5, 5.41) is 3.26. The van der Waals surface area contributed by atoms with Crippen LogP contribution < -0.4 is 0 Å². The molecule has 14 heavy (non-hydrogen) atoms. The van der Waals surface area contributed by atoms with Crippen LogP contribution in [0, 0.1) is 6.92 Å². The number of alkyl halides is 2. The van der Waals surface area contributed by atoms with E-state index in [1.807, 2.05) is 0 Å². The van der Waals surface area contributed by atoms with Gasteiger partial charge in [0.15, 0.2) is 0 Å². The van der Waals surface area contributed by atoms with E-state index in [2.05, 4.69) is 0 Å². The molecule has 0 spiro atoms. The van der Waals surface area contributed by atoms with E-state index in [4.69, 9.17) is 11.6 Å². The van der Waals surface area contributed by atoms with E-state index in [0.717, 1.165) is 10.1 Å². The maximum atomic E-state index is 12.5. The van der Waals surface area contributed by atoms with Crippen molar-refractivity contribution in [3.05, 3.63) is 33.7 Å². The van der Waals surface area contributed by atoms with E-state index in [0.29, 0.717) is 10.6 Å². The van der Waals surface area contributed by atoms with Gasteiger partial charge in [0.25, 0.3) is 6.43 Å². The lowest BCUT2D eigenvalue weighted by Gasteiger charge is -2.04. The van der Waals surface area contributed by atoms with Crippen molar-refractivity contribution in [2.24, 2.45) is 0 Å². The average Bonchev–Trinajstić information content (AvgIpc) is 2.46. The van der Waals surface area contributed by atoms with Gasteiger partial charge in [-0.25, -0.2) is 8.78 Å². The Morgan fingerprint density at radius 2 is 2.07 bits per heavy atom. The molecule has 1 aromatic carbocycles. The van der Waals surface area contributed by atoms with Crippen LogP contribution in [0.3, 0.4) is 0 Å². The Hall–Kier alpha value is -0.670. The van der Waals surface area contributed by atoms with E-state index in [-0.39, 0.29) is 5.56 Å². The highest BCUT2D eigenvalue weighted by Gasteiger charge is 2.13. The minimum Gasteiger partial charge on any atom is -0.205 e. The number of benzene rings is 1. The van der Waals surface area contributed by atoms with Crippen molar-refractivity contribution in [1.29, 1.82) is 0 Å². The van der Waals surface area contributed by atoms with E-state index >= 15 is 0 Å². The highest BCUT2D eigenvalue weighted by Crippen LogP contribution is 2.34. The second kappa shape index (κ2) is 3.48. The van der Waals surface area contributed by atoms with E-state index in [9.17, 15) is 8.78 Å². The predicted molar refractivity (Wildman–Crippen MR) is 56.5 cm³/mol. The van der Waals surface area contributed by atoms with Crippen LogP contribution in [0.4, 0.5) is 8.78 Å². The summed E-state index contributed by atoms with van der Waals surface area (Å²) in [4.78, 5) is 0. The molecule has 0 unspecified atom stereocenters. The van der Waals surface area contributed by atoms with Gasteiger partial charge in [-0.05, 0) is 24.6 Å². The summed E-state index contributed by atoms with van der Waals surface area (Å²) in [5.74, 6) is 0. The van der Waals surface area contributed by atoms with Gasteiger partial charge in [0.1, 0.15) is 0 Å². The number of halogens is 3. The van der Waals surface area contributed by atoms with Crippen molar-refractivity contribution >= 4 is 33.0 Å². The Morgan fingerprint density at radius 3 is 2.71 bits per heavy atom. The maximum Gasteiger partial charge on any atom is 0.264 e. The SMILES string of the molecule is Cc1cc2c(Cl)csc2cc1C(F)F. The molecule has 0 aliphatic carbocycles. The van der Waals surface area contributed by atoms with Crippen LogP contribution in [-0.2, 0) is 0 Å². The largest absolute Gasteiger partial charge is 0.264 e. The molecule has 0 nitrogen and oxygen atoms in total. The maximum absolute atomic E-state index is 12.5. The Kier molecular flexibility index (Phi) is 2.45. The summed E-state index contributed by atoms with van der Waals surface area (Å²) in [5.41, 5.74) is 0.684. The van der Waals surface area contributed by atoms with Crippen LogP contribution in [0.25, 0.3) is 10.1 Å². The molecule has 4 heteroatoms. The number of hydrogen-bond donors (Lipinski definition) is 0. The number of fused-ring (bicyclic) bond motifs is 1. The third-order valence-corrected chi connectivity index (χ3v) is 3.54. The van der Waals surface area contributed by atoms with Gasteiger partial charge in [0.2, 0.25) is 0 Å². The minimum absolute atomic E-state index is 0.0935. The molecule has 0 amide bonds. The summed E-state index contributed by atoms with van der Waals surface area (Å²) in [6.45, 7) is 1.68. The molecule has 0 bridgehead atoms. The molecule has 2 rings (SSSR count). The monoisotopic (exact) mass is 232 g/mol. The molecular weight excluding hydrogens is 226 g/mol. The summed E-state index contributed by atoms with van der Waals surface area (Å²) < 4.78 is 25.9. The van der Waals surface area contributed by atoms with Crippen LogP contribution in [-0.4, -0.2) is 0 Å². The van der Waals surface area contributed by atoms with E-state index < -0.39 is 6.43 Å². The molecule has 74 valence electrons. The molecule has 0 fully saturated rings. The zero-order valence-corrected chi connectivity index (χ0v) is 8.92. The predicted octanol–water partition coefficient (Wildman–Crippen LogP) is 4.80. The molecular formula is C10H7ClF2S. The summed E-state index contributed by atoms with van der Waals surface area (Å²) in [6.07, 6.45) is -2.42. The van der Waals surface area contributed by atoms with Crippen LogP contribution >= 0.6 is 22.9 Å². The zero-order chi connectivity index (χ0) is 10.3. The van der Waals surface area contributed by atoms with Crippen molar-refractivity contribution in [2.45, 2.75) is 13.3 Å². The second-order valence-electron chi connectivity index (χ2n) is 3.09. The first-order valence-corrected chi connectivity index (χ1v) is 5.30. The summed E-state index contributed by atoms with van der Waals surface area (Å²) >= 11 is 7.29. The van der Waals surface area contributed by atoms with Crippen molar-refractivity contribution in [3.63, 3.8) is 0 Å². The first-order chi connectivity index (χ1) is 6.59. The number of thiophene rings is 1. The fraction of sp³-hybridized carbons (Fsp3) is 0.200. The van der Waals surface area contributed by atoms with E-state index in [1.165, 1.54) is 17.4 Å². The van der Waals surface area contributed by atoms with Gasteiger partial charge < -0.3 is 0 Å². The van der Waals surface area contributed by atoms with Crippen LogP contribution in [0.5, 0.6) is 0 Å². The van der Waals surface area contributed by atoms with Crippen molar-refractivity contribution in [2.75, 3.05) is 0 Å². The van der Waals surface area contributed by atoms with Crippen LogP contribution in [0.1, 0.15) is 17.6 Å². The van der Waals surface area contributed by atoms with Gasteiger partial charge in [-0.15, -0.1) is 11.3 Å². The standard InChI is InChI=1S/C10H7ClF2S/c1-5-2-7-8(11)4-14-9(7)3-6(5)10(12)13/h2-4,10H,1H3. The molecule has 0 atom stereocenters. The fourth-order valence-electron chi connectivity index (χ4n) is 1.40. The summed E-state index contributed by atoms with van der Waals surface area (Å²) in [7, 11) is 0. The minimum atomic E-state index is -2.42. The van der Waals surface area contributed by atoms with Crippen molar-refractivity contribution in [1.82, 2.24) is 0 Å². The van der Waals surface area contributed by atoms with Gasteiger partial charge in [0.05, 0.1) is 5.02 Å². The first-order valence-electron chi connectivity index (χ1n) is 4.05. The second-order valence-corrected chi connectivity index (χ2v) is 4.41. The number of aryl methyl sites for hydroxylation is 1. The molecule has 1 aromatic heterocycles. The van der Waals surface area contributed by atoms with Gasteiger partial charge in [-0.3, -0.25) is 0 Å². The average molecular weight is 233 g/mol. The van der Waals surface area contributed by atoms with E-state index in [1.54, 1.807) is 18.4 Å². The lowest BCUT2D eigenvalue weighted by molar-refractivity contribution is 0.151. The normalized spacial score (nSPS) is 11.5. The lowest BCUT2D eigenvalue weighted by atomic mass is 10.1. The number of rotatable bonds is 1. The highest BCUT2D eigenvalue weighted by molar-refractivity contribution is 7.17. The molecule has 0 aliphatic heterocycles. The summed E-state index contributed by atoms with van der Waals surface area (Å²) in [6, 6.07) is 3.24. The Labute approximate surface area is 89.1 Å². The molecule has 0 radical (unpaired) electrons. The van der Waals surface area contributed by atoms with Crippen LogP contribution in [0.15, 0.2) is 17.5 Å². The highest BCUT2D eigenvalue weighted by atomic mass is 35.5. The van der Waals surface area contributed by atoms with Crippen molar-refractivity contribution in [3.8, 4) is 0 Å². The van der Waals surface area contributed by atoms with Gasteiger partial charge in [-0.2, -0.15) is 0 Å². The topological polar surface area (TPSA) is 0 Å². The molecule has 0 saturated carbocycles. The Morgan fingerprint density at radius 1 is 1.36 bits per heavy atom. The molecule has 1 heterocycles. The molecule has 0 aliphatic rings. The first kappa shape index (κ1) is 9.87. The molecule has 2 aromatic rings. The molecule has 0 N–H and O–H groups in total. The Balaban J connectivity index is 2.72. The number of hydrogen-bond acceptors (Lipinski definition) is 1. The van der Waals surface area contributed by atoms with Crippen molar-refractivity contribution < 1.29 is 8.78 Å². The molecule has 0 saturated heterocycles. The van der Waals surface area contributed by atoms with Gasteiger partial charge in [-0.1, -0.05) is 11.6 Å².